The van der Waals surface area contributed by atoms with Crippen LogP contribution in [0.1, 0.15) is 73.4 Å². The summed E-state index contributed by atoms with van der Waals surface area (Å²) in [4.78, 5) is 25.3. The molecular formula is C26H36N2O4. The monoisotopic (exact) mass is 440 g/mol. The molecule has 4 N–H and O–H groups in total. The van der Waals surface area contributed by atoms with Gasteiger partial charge in [-0.15, -0.1) is 0 Å². The number of amides is 2. The fourth-order valence-electron chi connectivity index (χ4n) is 3.38. The molecule has 174 valence electrons. The molecule has 2 aromatic carbocycles. The number of carbonyl (C=O) groups excluding carboxylic acids is 2. The van der Waals surface area contributed by atoms with Crippen molar-refractivity contribution in [2.75, 3.05) is 0 Å². The van der Waals surface area contributed by atoms with Gasteiger partial charge in [0.1, 0.15) is 0 Å². The maximum absolute atomic E-state index is 12.7. The first-order valence-corrected chi connectivity index (χ1v) is 10.9. The third-order valence-electron chi connectivity index (χ3n) is 4.80. The van der Waals surface area contributed by atoms with Crippen LogP contribution >= 0.6 is 0 Å². The summed E-state index contributed by atoms with van der Waals surface area (Å²) < 4.78 is 0. The molecule has 0 aliphatic heterocycles. The van der Waals surface area contributed by atoms with E-state index >= 15 is 0 Å². The van der Waals surface area contributed by atoms with Crippen molar-refractivity contribution in [3.05, 3.63) is 70.8 Å². The summed E-state index contributed by atoms with van der Waals surface area (Å²) >= 11 is 0. The van der Waals surface area contributed by atoms with Gasteiger partial charge in [0.2, 0.25) is 0 Å². The highest BCUT2D eigenvalue weighted by Crippen LogP contribution is 2.18. The van der Waals surface area contributed by atoms with Crippen molar-refractivity contribution in [1.82, 2.24) is 10.6 Å². The normalized spacial score (nSPS) is 13.9. The Kier molecular flexibility index (Phi) is 8.21. The molecule has 0 fully saturated rings. The van der Waals surface area contributed by atoms with E-state index in [1.807, 2.05) is 41.5 Å². The number of benzene rings is 2. The highest BCUT2D eigenvalue weighted by atomic mass is 16.3. The van der Waals surface area contributed by atoms with Crippen molar-refractivity contribution in [3.63, 3.8) is 0 Å². The Morgan fingerprint density at radius 2 is 1.00 bits per heavy atom. The van der Waals surface area contributed by atoms with Gasteiger partial charge in [-0.3, -0.25) is 9.59 Å². The largest absolute Gasteiger partial charge is 0.390 e. The maximum Gasteiger partial charge on any atom is 0.251 e. The quantitative estimate of drug-likeness (QED) is 0.531. The SMILES string of the molecule is CC(C)(C)NC(=O)c1ccccc1CC(O)C(O)Cc1ccccc1C(=O)NC(C)(C)C. The summed E-state index contributed by atoms with van der Waals surface area (Å²) in [6.45, 7) is 11.4. The molecule has 0 heterocycles. The van der Waals surface area contributed by atoms with Crippen LogP contribution in [-0.2, 0) is 12.8 Å². The summed E-state index contributed by atoms with van der Waals surface area (Å²) in [5.74, 6) is -0.446. The van der Waals surface area contributed by atoms with Crippen LogP contribution < -0.4 is 10.6 Å². The summed E-state index contributed by atoms with van der Waals surface area (Å²) in [5.41, 5.74) is 1.47. The molecule has 0 aromatic heterocycles. The Morgan fingerprint density at radius 3 is 1.31 bits per heavy atom. The van der Waals surface area contributed by atoms with Crippen molar-refractivity contribution >= 4 is 11.8 Å². The average Bonchev–Trinajstić information content (AvgIpc) is 2.66. The van der Waals surface area contributed by atoms with Crippen LogP contribution in [0.25, 0.3) is 0 Å². The minimum absolute atomic E-state index is 0.116. The molecule has 32 heavy (non-hydrogen) atoms. The molecule has 0 saturated heterocycles. The Labute approximate surface area is 191 Å². The molecule has 2 rings (SSSR count). The molecule has 0 saturated carbocycles. The third kappa shape index (κ3) is 7.77. The van der Waals surface area contributed by atoms with Gasteiger partial charge < -0.3 is 20.8 Å². The summed E-state index contributed by atoms with van der Waals surface area (Å²) in [6, 6.07) is 14.1. The minimum atomic E-state index is -1.10. The van der Waals surface area contributed by atoms with Crippen molar-refractivity contribution in [2.24, 2.45) is 0 Å². The highest BCUT2D eigenvalue weighted by molar-refractivity contribution is 5.96. The van der Waals surface area contributed by atoms with Crippen molar-refractivity contribution in [3.8, 4) is 0 Å². The van der Waals surface area contributed by atoms with E-state index in [0.29, 0.717) is 22.3 Å². The van der Waals surface area contributed by atoms with Gasteiger partial charge >= 0.3 is 0 Å². The van der Waals surface area contributed by atoms with E-state index in [9.17, 15) is 19.8 Å². The fourth-order valence-corrected chi connectivity index (χ4v) is 3.38. The number of nitrogens with one attached hydrogen (secondary N) is 2. The molecule has 0 aliphatic rings. The lowest BCUT2D eigenvalue weighted by Gasteiger charge is -2.24. The molecular weight excluding hydrogens is 404 g/mol. The Morgan fingerprint density at radius 1 is 0.688 bits per heavy atom. The molecule has 0 spiro atoms. The molecule has 0 bridgehead atoms. The van der Waals surface area contributed by atoms with E-state index in [0.717, 1.165) is 0 Å². The first kappa shape index (κ1) is 25.6. The Bertz CT molecular complexity index is 864. The van der Waals surface area contributed by atoms with Crippen molar-refractivity contribution < 1.29 is 19.8 Å². The second kappa shape index (κ2) is 10.3. The van der Waals surface area contributed by atoms with E-state index in [1.165, 1.54) is 0 Å². The van der Waals surface area contributed by atoms with Crippen molar-refractivity contribution in [1.29, 1.82) is 0 Å². The van der Waals surface area contributed by atoms with Gasteiger partial charge in [-0.05, 0) is 64.8 Å². The minimum Gasteiger partial charge on any atom is -0.390 e. The number of aliphatic hydroxyl groups is 2. The van der Waals surface area contributed by atoms with E-state index in [-0.39, 0.29) is 35.7 Å². The van der Waals surface area contributed by atoms with Crippen LogP contribution in [0.15, 0.2) is 48.5 Å². The van der Waals surface area contributed by atoms with Gasteiger partial charge in [0.05, 0.1) is 12.2 Å². The van der Waals surface area contributed by atoms with Crippen LogP contribution in [0.4, 0.5) is 0 Å². The number of carbonyl (C=O) groups is 2. The fraction of sp³-hybridized carbons (Fsp3) is 0.462. The molecule has 0 radical (unpaired) electrons. The zero-order valence-electron chi connectivity index (χ0n) is 19.9. The van der Waals surface area contributed by atoms with E-state index in [4.69, 9.17) is 0 Å². The van der Waals surface area contributed by atoms with Crippen LogP contribution in [-0.4, -0.2) is 45.3 Å². The predicted molar refractivity (Wildman–Crippen MR) is 127 cm³/mol. The zero-order chi connectivity index (χ0) is 24.1. The molecule has 6 heteroatoms. The standard InChI is InChI=1S/C26H36N2O4/c1-25(2,3)27-23(31)19-13-9-7-11-17(19)15-21(29)22(30)16-18-12-8-10-14-20(18)24(32)28-26(4,5)6/h7-14,21-22,29-30H,15-16H2,1-6H3,(H,27,31)(H,28,32). The van der Waals surface area contributed by atoms with E-state index in [2.05, 4.69) is 10.6 Å². The lowest BCUT2D eigenvalue weighted by molar-refractivity contribution is 0.0203. The highest BCUT2D eigenvalue weighted by Gasteiger charge is 2.24. The van der Waals surface area contributed by atoms with Crippen LogP contribution in [0, 0.1) is 0 Å². The number of aliphatic hydroxyl groups excluding tert-OH is 2. The smallest absolute Gasteiger partial charge is 0.251 e. The van der Waals surface area contributed by atoms with Gasteiger partial charge in [-0.25, -0.2) is 0 Å². The molecule has 2 unspecified atom stereocenters. The van der Waals surface area contributed by atoms with Gasteiger partial charge in [-0.2, -0.15) is 0 Å². The van der Waals surface area contributed by atoms with E-state index in [1.54, 1.807) is 48.5 Å². The number of rotatable bonds is 7. The van der Waals surface area contributed by atoms with Gasteiger partial charge in [0.25, 0.3) is 11.8 Å². The lowest BCUT2D eigenvalue weighted by Crippen LogP contribution is -2.41. The first-order chi connectivity index (χ1) is 14.8. The summed E-state index contributed by atoms with van der Waals surface area (Å²) in [5, 5.41) is 27.3. The predicted octanol–water partition coefficient (Wildman–Crippen LogP) is 3.25. The second-order valence-electron chi connectivity index (χ2n) is 10.3. The first-order valence-electron chi connectivity index (χ1n) is 10.9. The van der Waals surface area contributed by atoms with Gasteiger partial charge in [0.15, 0.2) is 0 Å². The molecule has 2 aromatic rings. The van der Waals surface area contributed by atoms with Crippen LogP contribution in [0.2, 0.25) is 0 Å². The third-order valence-corrected chi connectivity index (χ3v) is 4.80. The zero-order valence-corrected chi connectivity index (χ0v) is 19.9. The van der Waals surface area contributed by atoms with E-state index < -0.39 is 12.2 Å². The van der Waals surface area contributed by atoms with Crippen LogP contribution in [0.5, 0.6) is 0 Å². The maximum atomic E-state index is 12.7. The Balaban J connectivity index is 2.15. The number of hydrogen-bond donors (Lipinski definition) is 4. The van der Waals surface area contributed by atoms with Crippen LogP contribution in [0.3, 0.4) is 0 Å². The van der Waals surface area contributed by atoms with Crippen molar-refractivity contribution in [2.45, 2.75) is 77.7 Å². The summed E-state index contributed by atoms with van der Waals surface area (Å²) in [6.07, 6.45) is -1.97. The molecule has 0 aliphatic carbocycles. The van der Waals surface area contributed by atoms with Gasteiger partial charge in [0, 0.05) is 35.0 Å². The summed E-state index contributed by atoms with van der Waals surface area (Å²) in [7, 11) is 0. The average molecular weight is 441 g/mol. The number of hydrogen-bond acceptors (Lipinski definition) is 4. The molecule has 6 nitrogen and oxygen atoms in total. The Hall–Kier alpha value is -2.70. The molecule has 2 amide bonds. The lowest BCUT2D eigenvalue weighted by atomic mass is 9.93. The molecule has 2 atom stereocenters. The topological polar surface area (TPSA) is 98.7 Å². The van der Waals surface area contributed by atoms with Gasteiger partial charge in [-0.1, -0.05) is 36.4 Å². The second-order valence-corrected chi connectivity index (χ2v) is 10.3.